The van der Waals surface area contributed by atoms with Crippen molar-refractivity contribution in [3.63, 3.8) is 0 Å². The molecule has 1 fully saturated rings. The summed E-state index contributed by atoms with van der Waals surface area (Å²) >= 11 is 0. The van der Waals surface area contributed by atoms with E-state index in [1.165, 1.54) is 18.4 Å². The monoisotopic (exact) mass is 362 g/mol. The van der Waals surface area contributed by atoms with Gasteiger partial charge in [-0.05, 0) is 43.7 Å². The molecule has 130 valence electrons. The second-order valence-corrected chi connectivity index (χ2v) is 7.47. The SMILES string of the molecule is CS(=O)(=O)c1ccc(OCCCC(=O)NC2CCNC2)cc1.Cl. The van der Waals surface area contributed by atoms with Crippen molar-refractivity contribution in [3.05, 3.63) is 24.3 Å². The first-order valence-corrected chi connectivity index (χ1v) is 9.27. The number of carbonyl (C=O) groups is 1. The van der Waals surface area contributed by atoms with Gasteiger partial charge in [0.25, 0.3) is 0 Å². The fourth-order valence-corrected chi connectivity index (χ4v) is 2.91. The molecule has 1 amide bonds. The average molecular weight is 363 g/mol. The largest absolute Gasteiger partial charge is 0.494 e. The summed E-state index contributed by atoms with van der Waals surface area (Å²) in [5.41, 5.74) is 0. The highest BCUT2D eigenvalue weighted by Gasteiger charge is 2.16. The van der Waals surface area contributed by atoms with Crippen LogP contribution in [0.1, 0.15) is 19.3 Å². The highest BCUT2D eigenvalue weighted by Crippen LogP contribution is 2.16. The summed E-state index contributed by atoms with van der Waals surface area (Å²) in [7, 11) is -3.18. The normalized spacial score (nSPS) is 17.3. The van der Waals surface area contributed by atoms with Gasteiger partial charge in [0.1, 0.15) is 5.75 Å². The maximum atomic E-state index is 11.7. The second-order valence-electron chi connectivity index (χ2n) is 5.45. The van der Waals surface area contributed by atoms with Crippen molar-refractivity contribution < 1.29 is 17.9 Å². The second kappa shape index (κ2) is 9.10. The van der Waals surface area contributed by atoms with E-state index in [9.17, 15) is 13.2 Å². The molecule has 1 unspecified atom stereocenters. The number of carbonyl (C=O) groups excluding carboxylic acids is 1. The molecule has 1 aromatic rings. The molecule has 23 heavy (non-hydrogen) atoms. The van der Waals surface area contributed by atoms with Gasteiger partial charge >= 0.3 is 0 Å². The van der Waals surface area contributed by atoms with Crippen molar-refractivity contribution in [1.29, 1.82) is 0 Å². The molecule has 0 aromatic heterocycles. The number of halogens is 1. The molecule has 1 aliphatic rings. The zero-order valence-corrected chi connectivity index (χ0v) is 14.7. The Morgan fingerprint density at radius 3 is 2.61 bits per heavy atom. The van der Waals surface area contributed by atoms with Crippen molar-refractivity contribution >= 4 is 28.2 Å². The third-order valence-corrected chi connectivity index (χ3v) is 4.62. The van der Waals surface area contributed by atoms with Crippen molar-refractivity contribution in [2.24, 2.45) is 0 Å². The van der Waals surface area contributed by atoms with E-state index in [2.05, 4.69) is 10.6 Å². The fourth-order valence-electron chi connectivity index (χ4n) is 2.28. The lowest BCUT2D eigenvalue weighted by Crippen LogP contribution is -2.36. The Morgan fingerprint density at radius 2 is 2.04 bits per heavy atom. The molecule has 6 nitrogen and oxygen atoms in total. The molecule has 1 aliphatic heterocycles. The Kier molecular flexibility index (Phi) is 7.81. The Labute approximate surface area is 143 Å². The number of sulfone groups is 1. The first kappa shape index (κ1) is 19.7. The third-order valence-electron chi connectivity index (χ3n) is 3.49. The molecule has 2 rings (SSSR count). The first-order valence-electron chi connectivity index (χ1n) is 7.38. The van der Waals surface area contributed by atoms with Gasteiger partial charge in [0.05, 0.1) is 11.5 Å². The molecule has 1 saturated heterocycles. The summed E-state index contributed by atoms with van der Waals surface area (Å²) in [4.78, 5) is 12.0. The highest BCUT2D eigenvalue weighted by molar-refractivity contribution is 7.90. The summed E-state index contributed by atoms with van der Waals surface area (Å²) < 4.78 is 28.2. The van der Waals surface area contributed by atoms with E-state index in [0.29, 0.717) is 25.2 Å². The lowest BCUT2D eigenvalue weighted by atomic mass is 10.2. The molecule has 1 aromatic carbocycles. The van der Waals surface area contributed by atoms with Crippen LogP contribution in [0.15, 0.2) is 29.2 Å². The first-order chi connectivity index (χ1) is 10.4. The number of nitrogens with one attached hydrogen (secondary N) is 2. The van der Waals surface area contributed by atoms with Gasteiger partial charge in [-0.15, -0.1) is 12.4 Å². The van der Waals surface area contributed by atoms with Gasteiger partial charge in [0, 0.05) is 25.3 Å². The summed E-state index contributed by atoms with van der Waals surface area (Å²) in [6, 6.07) is 6.54. The van der Waals surface area contributed by atoms with Crippen LogP contribution in [-0.2, 0) is 14.6 Å². The van der Waals surface area contributed by atoms with Crippen LogP contribution < -0.4 is 15.4 Å². The van der Waals surface area contributed by atoms with Crippen molar-refractivity contribution in [1.82, 2.24) is 10.6 Å². The van der Waals surface area contributed by atoms with Gasteiger partial charge in [-0.2, -0.15) is 0 Å². The van der Waals surface area contributed by atoms with E-state index in [-0.39, 0.29) is 29.3 Å². The quantitative estimate of drug-likeness (QED) is 0.711. The summed E-state index contributed by atoms with van der Waals surface area (Å²) in [6.07, 6.45) is 3.20. The van der Waals surface area contributed by atoms with Crippen molar-refractivity contribution in [3.8, 4) is 5.75 Å². The molecule has 8 heteroatoms. The van der Waals surface area contributed by atoms with Gasteiger partial charge in [-0.1, -0.05) is 0 Å². The minimum absolute atomic E-state index is 0. The fraction of sp³-hybridized carbons (Fsp3) is 0.533. The van der Waals surface area contributed by atoms with Crippen LogP contribution in [0, 0.1) is 0 Å². The predicted molar refractivity (Wildman–Crippen MR) is 90.9 cm³/mol. The standard InChI is InChI=1S/C15H22N2O4S.ClH/c1-22(19,20)14-6-4-13(5-7-14)21-10-2-3-15(18)17-12-8-9-16-11-12;/h4-7,12,16H,2-3,8-11H2,1H3,(H,17,18);1H. The maximum Gasteiger partial charge on any atom is 0.220 e. The summed E-state index contributed by atoms with van der Waals surface area (Å²) in [5, 5.41) is 6.18. The van der Waals surface area contributed by atoms with Gasteiger partial charge in [-0.25, -0.2) is 8.42 Å². The molecule has 1 heterocycles. The third kappa shape index (κ3) is 6.76. The number of hydrogen-bond acceptors (Lipinski definition) is 5. The molecule has 2 N–H and O–H groups in total. The zero-order chi connectivity index (χ0) is 16.0. The molecule has 0 radical (unpaired) electrons. The van der Waals surface area contributed by atoms with E-state index in [1.54, 1.807) is 12.1 Å². The van der Waals surface area contributed by atoms with Gasteiger partial charge in [0.15, 0.2) is 9.84 Å². The molecule has 0 bridgehead atoms. The molecule has 0 aliphatic carbocycles. The molecule has 0 spiro atoms. The Hall–Kier alpha value is -1.31. The zero-order valence-electron chi connectivity index (χ0n) is 13.1. The molecular weight excluding hydrogens is 340 g/mol. The van der Waals surface area contributed by atoms with E-state index >= 15 is 0 Å². The van der Waals surface area contributed by atoms with Crippen LogP contribution in [0.5, 0.6) is 5.75 Å². The molecule has 0 saturated carbocycles. The molecule has 1 atom stereocenters. The minimum atomic E-state index is -3.18. The van der Waals surface area contributed by atoms with E-state index in [1.807, 2.05) is 0 Å². The lowest BCUT2D eigenvalue weighted by Gasteiger charge is -2.11. The van der Waals surface area contributed by atoms with E-state index < -0.39 is 9.84 Å². The number of amides is 1. The number of rotatable bonds is 7. The van der Waals surface area contributed by atoms with Gasteiger partial charge in [0.2, 0.25) is 5.91 Å². The number of hydrogen-bond donors (Lipinski definition) is 2. The smallest absolute Gasteiger partial charge is 0.220 e. The Balaban J connectivity index is 0.00000264. The Morgan fingerprint density at radius 1 is 1.35 bits per heavy atom. The van der Waals surface area contributed by atoms with Crippen molar-refractivity contribution in [2.75, 3.05) is 26.0 Å². The topological polar surface area (TPSA) is 84.5 Å². The van der Waals surface area contributed by atoms with Crippen LogP contribution in [-0.4, -0.2) is 46.3 Å². The Bertz CT molecular complexity index is 598. The minimum Gasteiger partial charge on any atom is -0.494 e. The predicted octanol–water partition coefficient (Wildman–Crippen LogP) is 1.15. The van der Waals surface area contributed by atoms with E-state index in [0.717, 1.165) is 19.5 Å². The number of ether oxygens (including phenoxy) is 1. The summed E-state index contributed by atoms with van der Waals surface area (Å²) in [5.74, 6) is 0.650. The van der Waals surface area contributed by atoms with Crippen LogP contribution in [0.25, 0.3) is 0 Å². The van der Waals surface area contributed by atoms with Crippen LogP contribution in [0.3, 0.4) is 0 Å². The number of benzene rings is 1. The van der Waals surface area contributed by atoms with Gasteiger partial charge < -0.3 is 15.4 Å². The lowest BCUT2D eigenvalue weighted by molar-refractivity contribution is -0.121. The van der Waals surface area contributed by atoms with Gasteiger partial charge in [-0.3, -0.25) is 4.79 Å². The van der Waals surface area contributed by atoms with Crippen molar-refractivity contribution in [2.45, 2.75) is 30.2 Å². The molecular formula is C15H23ClN2O4S. The van der Waals surface area contributed by atoms with Crippen LogP contribution in [0.2, 0.25) is 0 Å². The maximum absolute atomic E-state index is 11.7. The highest BCUT2D eigenvalue weighted by atomic mass is 35.5. The van der Waals surface area contributed by atoms with Crippen LogP contribution >= 0.6 is 12.4 Å². The van der Waals surface area contributed by atoms with Crippen LogP contribution in [0.4, 0.5) is 0 Å². The summed E-state index contributed by atoms with van der Waals surface area (Å²) in [6.45, 7) is 2.22. The average Bonchev–Trinajstić information content (AvgIpc) is 2.96. The van der Waals surface area contributed by atoms with E-state index in [4.69, 9.17) is 4.74 Å².